The predicted octanol–water partition coefficient (Wildman–Crippen LogP) is 1.42. The van der Waals surface area contributed by atoms with Crippen molar-refractivity contribution in [1.29, 1.82) is 0 Å². The average molecular weight is 179 g/mol. The maximum absolute atomic E-state index is 8.23. The Labute approximate surface area is 75.4 Å². The molecule has 0 aliphatic carbocycles. The number of hydrogen-bond donors (Lipinski definition) is 1. The second-order valence-corrected chi connectivity index (χ2v) is 2.69. The molecule has 0 saturated heterocycles. The first-order valence-electron chi connectivity index (χ1n) is 3.94. The van der Waals surface area contributed by atoms with Crippen molar-refractivity contribution in [3.8, 4) is 11.5 Å². The number of rotatable bonds is 2. The van der Waals surface area contributed by atoms with E-state index in [9.17, 15) is 0 Å². The number of nitrogens with zero attached hydrogens (tertiary/aromatic N) is 1. The number of fused-ring (bicyclic) bond motifs is 1. The topological polar surface area (TPSA) is 51.1 Å². The van der Waals surface area contributed by atoms with Crippen molar-refractivity contribution in [1.82, 2.24) is 0 Å². The van der Waals surface area contributed by atoms with Gasteiger partial charge in [-0.15, -0.1) is 5.16 Å². The third kappa shape index (κ3) is 1.56. The first kappa shape index (κ1) is 7.91. The molecule has 1 aliphatic rings. The van der Waals surface area contributed by atoms with E-state index >= 15 is 0 Å². The Morgan fingerprint density at radius 2 is 2.23 bits per heavy atom. The molecule has 2 rings (SSSR count). The molecule has 4 heteroatoms. The molecule has 0 bridgehead atoms. The van der Waals surface area contributed by atoms with Crippen molar-refractivity contribution in [3.63, 3.8) is 0 Å². The second-order valence-electron chi connectivity index (χ2n) is 2.69. The van der Waals surface area contributed by atoms with Gasteiger partial charge in [-0.2, -0.15) is 0 Å². The predicted molar refractivity (Wildman–Crippen MR) is 46.5 cm³/mol. The van der Waals surface area contributed by atoms with Crippen LogP contribution < -0.4 is 9.47 Å². The zero-order chi connectivity index (χ0) is 9.10. The first-order valence-corrected chi connectivity index (χ1v) is 3.94. The van der Waals surface area contributed by atoms with Crippen molar-refractivity contribution >= 4 is 6.21 Å². The van der Waals surface area contributed by atoms with Gasteiger partial charge in [0.2, 0.25) is 6.79 Å². The highest BCUT2D eigenvalue weighted by atomic mass is 16.7. The third-order valence-corrected chi connectivity index (χ3v) is 1.85. The number of oxime groups is 1. The van der Waals surface area contributed by atoms with E-state index in [2.05, 4.69) is 5.16 Å². The Hall–Kier alpha value is -1.71. The lowest BCUT2D eigenvalue weighted by Crippen LogP contribution is -1.93. The van der Waals surface area contributed by atoms with E-state index in [1.165, 1.54) is 6.21 Å². The summed E-state index contributed by atoms with van der Waals surface area (Å²) in [7, 11) is 0. The van der Waals surface area contributed by atoms with Crippen LogP contribution in [0.2, 0.25) is 0 Å². The lowest BCUT2D eigenvalue weighted by atomic mass is 10.1. The quantitative estimate of drug-likeness (QED) is 0.424. The summed E-state index contributed by atoms with van der Waals surface area (Å²) >= 11 is 0. The van der Waals surface area contributed by atoms with Gasteiger partial charge in [-0.05, 0) is 17.7 Å². The standard InChI is InChI=1S/C9H9NO3/c11-10-4-3-7-1-2-8-9(5-7)13-6-12-8/h1-2,4-5,11H,3,6H2. The Morgan fingerprint density at radius 3 is 3.08 bits per heavy atom. The largest absolute Gasteiger partial charge is 0.454 e. The molecule has 4 nitrogen and oxygen atoms in total. The zero-order valence-electron chi connectivity index (χ0n) is 6.93. The monoisotopic (exact) mass is 179 g/mol. The molecule has 1 aromatic rings. The second kappa shape index (κ2) is 3.35. The fourth-order valence-corrected chi connectivity index (χ4v) is 1.21. The van der Waals surface area contributed by atoms with E-state index in [0.29, 0.717) is 6.42 Å². The lowest BCUT2D eigenvalue weighted by molar-refractivity contribution is 0.174. The molecular weight excluding hydrogens is 170 g/mol. The Bertz CT molecular complexity index is 336. The number of ether oxygens (including phenoxy) is 2. The normalized spacial score (nSPS) is 13.8. The van der Waals surface area contributed by atoms with Gasteiger partial charge in [-0.25, -0.2) is 0 Å². The molecule has 1 aromatic carbocycles. The van der Waals surface area contributed by atoms with E-state index in [0.717, 1.165) is 17.1 Å². The molecule has 0 atom stereocenters. The molecule has 0 fully saturated rings. The van der Waals surface area contributed by atoms with Crippen LogP contribution in [0.4, 0.5) is 0 Å². The molecule has 0 aromatic heterocycles. The van der Waals surface area contributed by atoms with E-state index in [-0.39, 0.29) is 6.79 Å². The lowest BCUT2D eigenvalue weighted by Gasteiger charge is -1.98. The zero-order valence-corrected chi connectivity index (χ0v) is 6.93. The summed E-state index contributed by atoms with van der Waals surface area (Å²) in [6.07, 6.45) is 2.02. The third-order valence-electron chi connectivity index (χ3n) is 1.85. The van der Waals surface area contributed by atoms with Crippen molar-refractivity contribution < 1.29 is 14.7 Å². The fraction of sp³-hybridized carbons (Fsp3) is 0.222. The van der Waals surface area contributed by atoms with Crippen molar-refractivity contribution in [2.45, 2.75) is 6.42 Å². The van der Waals surface area contributed by atoms with Crippen molar-refractivity contribution in [3.05, 3.63) is 23.8 Å². The van der Waals surface area contributed by atoms with E-state index < -0.39 is 0 Å². The van der Waals surface area contributed by atoms with Gasteiger partial charge in [-0.1, -0.05) is 6.07 Å². The number of benzene rings is 1. The molecule has 0 radical (unpaired) electrons. The molecule has 13 heavy (non-hydrogen) atoms. The summed E-state index contributed by atoms with van der Waals surface area (Å²) in [4.78, 5) is 0. The summed E-state index contributed by atoms with van der Waals surface area (Å²) in [5.74, 6) is 1.52. The Kier molecular flexibility index (Phi) is 2.04. The van der Waals surface area contributed by atoms with Gasteiger partial charge in [0, 0.05) is 12.6 Å². The van der Waals surface area contributed by atoms with Gasteiger partial charge in [-0.3, -0.25) is 0 Å². The van der Waals surface area contributed by atoms with Crippen LogP contribution in [0, 0.1) is 0 Å². The smallest absolute Gasteiger partial charge is 0.231 e. The molecule has 0 spiro atoms. The summed E-state index contributed by atoms with van der Waals surface area (Å²) < 4.78 is 10.3. The average Bonchev–Trinajstić information content (AvgIpc) is 2.61. The summed E-state index contributed by atoms with van der Waals surface area (Å²) in [6, 6.07) is 5.64. The highest BCUT2D eigenvalue weighted by molar-refractivity contribution is 5.61. The minimum absolute atomic E-state index is 0.285. The molecule has 0 saturated carbocycles. The van der Waals surface area contributed by atoms with Gasteiger partial charge in [0.15, 0.2) is 11.5 Å². The summed E-state index contributed by atoms with van der Waals surface area (Å²) in [6.45, 7) is 0.285. The van der Waals surface area contributed by atoms with Crippen LogP contribution in [0.15, 0.2) is 23.4 Å². The molecular formula is C9H9NO3. The van der Waals surface area contributed by atoms with Crippen molar-refractivity contribution in [2.75, 3.05) is 6.79 Å². The van der Waals surface area contributed by atoms with Gasteiger partial charge in [0.25, 0.3) is 0 Å². The number of hydrogen-bond acceptors (Lipinski definition) is 4. The summed E-state index contributed by atoms with van der Waals surface area (Å²) in [5, 5.41) is 11.2. The Morgan fingerprint density at radius 1 is 1.38 bits per heavy atom. The van der Waals surface area contributed by atoms with Crippen LogP contribution >= 0.6 is 0 Å². The molecule has 1 N–H and O–H groups in total. The molecule has 68 valence electrons. The van der Waals surface area contributed by atoms with Crippen LogP contribution in [0.3, 0.4) is 0 Å². The van der Waals surface area contributed by atoms with Gasteiger partial charge >= 0.3 is 0 Å². The maximum Gasteiger partial charge on any atom is 0.231 e. The fourth-order valence-electron chi connectivity index (χ4n) is 1.21. The SMILES string of the molecule is ON=CCc1ccc2c(c1)OCO2. The van der Waals surface area contributed by atoms with Crippen LogP contribution in [0.5, 0.6) is 11.5 Å². The van der Waals surface area contributed by atoms with Crippen molar-refractivity contribution in [2.24, 2.45) is 5.16 Å². The van der Waals surface area contributed by atoms with Crippen LogP contribution in [-0.4, -0.2) is 18.2 Å². The molecule has 1 aliphatic heterocycles. The van der Waals surface area contributed by atoms with Crippen LogP contribution in [0.25, 0.3) is 0 Å². The van der Waals surface area contributed by atoms with Gasteiger partial charge < -0.3 is 14.7 Å². The molecule has 0 amide bonds. The highest BCUT2D eigenvalue weighted by Crippen LogP contribution is 2.32. The van der Waals surface area contributed by atoms with E-state index in [1.54, 1.807) is 0 Å². The van der Waals surface area contributed by atoms with Gasteiger partial charge in [0.1, 0.15) is 0 Å². The molecule has 1 heterocycles. The van der Waals surface area contributed by atoms with E-state index in [4.69, 9.17) is 14.7 Å². The highest BCUT2D eigenvalue weighted by Gasteiger charge is 2.12. The minimum Gasteiger partial charge on any atom is -0.454 e. The van der Waals surface area contributed by atoms with Gasteiger partial charge in [0.05, 0.1) is 0 Å². The summed E-state index contributed by atoms with van der Waals surface area (Å²) in [5.41, 5.74) is 1.03. The van der Waals surface area contributed by atoms with Crippen LogP contribution in [0.1, 0.15) is 5.56 Å². The van der Waals surface area contributed by atoms with Crippen LogP contribution in [-0.2, 0) is 6.42 Å². The Balaban J connectivity index is 2.20. The minimum atomic E-state index is 0.285. The first-order chi connectivity index (χ1) is 6.40. The molecule has 0 unspecified atom stereocenters. The van der Waals surface area contributed by atoms with E-state index in [1.807, 2.05) is 18.2 Å². The maximum atomic E-state index is 8.23.